The molecule has 2 fully saturated rings. The Hall–Kier alpha value is -0.930. The first kappa shape index (κ1) is 11.2. The number of aromatic nitrogens is 1. The molecule has 2 bridgehead atoms. The standard InChI is InChI=1S/C14H21N3/c1-9-4-12(8-16-7-9)14(17-15)13-6-10-2-3-11(13)5-10/h4,7-8,10-11,13-14,17H,2-3,5-6,15H2,1H3. The number of rotatable bonds is 3. The zero-order chi connectivity index (χ0) is 11.8. The molecule has 3 nitrogen and oxygen atoms in total. The molecule has 1 aromatic heterocycles. The fourth-order valence-electron chi connectivity index (χ4n) is 3.92. The van der Waals surface area contributed by atoms with Crippen LogP contribution < -0.4 is 11.3 Å². The number of fused-ring (bicyclic) bond motifs is 2. The summed E-state index contributed by atoms with van der Waals surface area (Å²) in [4.78, 5) is 4.29. The Morgan fingerprint density at radius 1 is 1.35 bits per heavy atom. The molecule has 2 aliphatic rings. The van der Waals surface area contributed by atoms with E-state index in [9.17, 15) is 0 Å². The lowest BCUT2D eigenvalue weighted by atomic mass is 9.81. The van der Waals surface area contributed by atoms with E-state index in [2.05, 4.69) is 23.4 Å². The minimum Gasteiger partial charge on any atom is -0.271 e. The van der Waals surface area contributed by atoms with E-state index in [0.29, 0.717) is 5.92 Å². The quantitative estimate of drug-likeness (QED) is 0.620. The van der Waals surface area contributed by atoms with Crippen molar-refractivity contribution in [3.63, 3.8) is 0 Å². The number of pyridine rings is 1. The van der Waals surface area contributed by atoms with Crippen molar-refractivity contribution in [3.8, 4) is 0 Å². The number of hydrogen-bond donors (Lipinski definition) is 2. The Morgan fingerprint density at radius 2 is 2.24 bits per heavy atom. The van der Waals surface area contributed by atoms with Crippen LogP contribution in [-0.2, 0) is 0 Å². The molecule has 4 unspecified atom stereocenters. The van der Waals surface area contributed by atoms with E-state index in [-0.39, 0.29) is 6.04 Å². The van der Waals surface area contributed by atoms with Crippen LogP contribution in [0.2, 0.25) is 0 Å². The number of hydrogen-bond acceptors (Lipinski definition) is 3. The van der Waals surface area contributed by atoms with Crippen LogP contribution in [0.4, 0.5) is 0 Å². The molecule has 0 aromatic carbocycles. The first-order valence-electron chi connectivity index (χ1n) is 6.65. The summed E-state index contributed by atoms with van der Waals surface area (Å²) in [7, 11) is 0. The minimum absolute atomic E-state index is 0.290. The second-order valence-electron chi connectivity index (χ2n) is 5.78. The van der Waals surface area contributed by atoms with Gasteiger partial charge in [0, 0.05) is 12.4 Å². The van der Waals surface area contributed by atoms with Crippen LogP contribution in [0.3, 0.4) is 0 Å². The van der Waals surface area contributed by atoms with Crippen LogP contribution in [0, 0.1) is 24.7 Å². The normalized spacial score (nSPS) is 32.9. The van der Waals surface area contributed by atoms with E-state index in [1.807, 2.05) is 12.4 Å². The maximum Gasteiger partial charge on any atom is 0.0506 e. The summed E-state index contributed by atoms with van der Waals surface area (Å²) in [6.45, 7) is 2.09. The van der Waals surface area contributed by atoms with Gasteiger partial charge in [-0.1, -0.05) is 12.5 Å². The van der Waals surface area contributed by atoms with Crippen molar-refractivity contribution in [2.24, 2.45) is 23.6 Å². The van der Waals surface area contributed by atoms with Gasteiger partial charge >= 0.3 is 0 Å². The maximum atomic E-state index is 5.79. The lowest BCUT2D eigenvalue weighted by Crippen LogP contribution is -2.35. The van der Waals surface area contributed by atoms with Gasteiger partial charge in [-0.05, 0) is 55.1 Å². The molecule has 1 heterocycles. The zero-order valence-corrected chi connectivity index (χ0v) is 10.4. The number of aryl methyl sites for hydroxylation is 1. The number of nitrogens with two attached hydrogens (primary N) is 1. The van der Waals surface area contributed by atoms with Crippen molar-refractivity contribution >= 4 is 0 Å². The average molecular weight is 231 g/mol. The molecule has 2 saturated carbocycles. The number of nitrogens with zero attached hydrogens (tertiary/aromatic N) is 1. The topological polar surface area (TPSA) is 50.9 Å². The molecule has 4 atom stereocenters. The predicted octanol–water partition coefficient (Wildman–Crippen LogP) is 2.33. The molecule has 0 amide bonds. The van der Waals surface area contributed by atoms with Crippen molar-refractivity contribution in [1.82, 2.24) is 10.4 Å². The van der Waals surface area contributed by atoms with Gasteiger partial charge in [0.1, 0.15) is 0 Å². The predicted molar refractivity (Wildman–Crippen MR) is 68.0 cm³/mol. The molecule has 3 heteroatoms. The van der Waals surface area contributed by atoms with Crippen LogP contribution in [0.15, 0.2) is 18.5 Å². The Kier molecular flexibility index (Phi) is 2.89. The zero-order valence-electron chi connectivity index (χ0n) is 10.4. The molecule has 0 radical (unpaired) electrons. The van der Waals surface area contributed by atoms with Crippen molar-refractivity contribution in [2.75, 3.05) is 0 Å². The highest BCUT2D eigenvalue weighted by molar-refractivity contribution is 5.21. The minimum atomic E-state index is 0.290. The fourth-order valence-corrected chi connectivity index (χ4v) is 3.92. The van der Waals surface area contributed by atoms with Gasteiger partial charge in [0.15, 0.2) is 0 Å². The monoisotopic (exact) mass is 231 g/mol. The molecule has 2 aliphatic carbocycles. The van der Waals surface area contributed by atoms with E-state index in [0.717, 1.165) is 11.8 Å². The molecule has 17 heavy (non-hydrogen) atoms. The van der Waals surface area contributed by atoms with Gasteiger partial charge in [0.25, 0.3) is 0 Å². The van der Waals surface area contributed by atoms with Gasteiger partial charge in [0.05, 0.1) is 6.04 Å². The van der Waals surface area contributed by atoms with E-state index < -0.39 is 0 Å². The summed E-state index contributed by atoms with van der Waals surface area (Å²) < 4.78 is 0. The second kappa shape index (κ2) is 4.39. The highest BCUT2D eigenvalue weighted by Gasteiger charge is 2.43. The summed E-state index contributed by atoms with van der Waals surface area (Å²) in [5.74, 6) is 8.33. The van der Waals surface area contributed by atoms with E-state index >= 15 is 0 Å². The van der Waals surface area contributed by atoms with E-state index in [4.69, 9.17) is 5.84 Å². The SMILES string of the molecule is Cc1cncc(C(NN)C2CC3CCC2C3)c1. The molecule has 92 valence electrons. The first-order chi connectivity index (χ1) is 8.28. The van der Waals surface area contributed by atoms with Crippen LogP contribution in [-0.4, -0.2) is 4.98 Å². The molecular formula is C14H21N3. The number of nitrogens with one attached hydrogen (secondary N) is 1. The van der Waals surface area contributed by atoms with Gasteiger partial charge in [-0.2, -0.15) is 0 Å². The largest absolute Gasteiger partial charge is 0.271 e. The highest BCUT2D eigenvalue weighted by atomic mass is 15.2. The third kappa shape index (κ3) is 1.98. The highest BCUT2D eigenvalue weighted by Crippen LogP contribution is 2.52. The van der Waals surface area contributed by atoms with E-state index in [1.165, 1.54) is 36.8 Å². The lowest BCUT2D eigenvalue weighted by Gasteiger charge is -2.30. The molecule has 0 saturated heterocycles. The van der Waals surface area contributed by atoms with Crippen molar-refractivity contribution < 1.29 is 0 Å². The molecule has 1 aromatic rings. The second-order valence-corrected chi connectivity index (χ2v) is 5.78. The Morgan fingerprint density at radius 3 is 2.82 bits per heavy atom. The summed E-state index contributed by atoms with van der Waals surface area (Å²) in [6, 6.07) is 2.50. The summed E-state index contributed by atoms with van der Waals surface area (Å²) in [5.41, 5.74) is 5.50. The van der Waals surface area contributed by atoms with Crippen molar-refractivity contribution in [2.45, 2.75) is 38.6 Å². The molecular weight excluding hydrogens is 210 g/mol. The average Bonchev–Trinajstić information content (AvgIpc) is 2.92. The molecule has 3 N–H and O–H groups in total. The molecule has 0 spiro atoms. The Balaban J connectivity index is 1.84. The summed E-state index contributed by atoms with van der Waals surface area (Å²) in [5, 5.41) is 0. The Labute approximate surface area is 103 Å². The summed E-state index contributed by atoms with van der Waals surface area (Å²) >= 11 is 0. The molecule has 0 aliphatic heterocycles. The van der Waals surface area contributed by atoms with E-state index in [1.54, 1.807) is 0 Å². The third-order valence-corrected chi connectivity index (χ3v) is 4.66. The third-order valence-electron chi connectivity index (χ3n) is 4.66. The first-order valence-corrected chi connectivity index (χ1v) is 6.65. The van der Waals surface area contributed by atoms with Crippen LogP contribution in [0.1, 0.15) is 42.9 Å². The van der Waals surface area contributed by atoms with Crippen molar-refractivity contribution in [1.29, 1.82) is 0 Å². The van der Waals surface area contributed by atoms with Gasteiger partial charge < -0.3 is 0 Å². The van der Waals surface area contributed by atoms with Crippen LogP contribution >= 0.6 is 0 Å². The van der Waals surface area contributed by atoms with Gasteiger partial charge in [-0.25, -0.2) is 0 Å². The smallest absolute Gasteiger partial charge is 0.0506 e. The van der Waals surface area contributed by atoms with Gasteiger partial charge in [-0.3, -0.25) is 16.3 Å². The van der Waals surface area contributed by atoms with Crippen LogP contribution in [0.25, 0.3) is 0 Å². The Bertz CT molecular complexity index is 404. The molecule has 3 rings (SSSR count). The summed E-state index contributed by atoms with van der Waals surface area (Å²) in [6.07, 6.45) is 9.45. The van der Waals surface area contributed by atoms with Gasteiger partial charge in [-0.15, -0.1) is 0 Å². The number of hydrazine groups is 1. The van der Waals surface area contributed by atoms with Crippen molar-refractivity contribution in [3.05, 3.63) is 29.6 Å². The fraction of sp³-hybridized carbons (Fsp3) is 0.643. The maximum absolute atomic E-state index is 5.79. The van der Waals surface area contributed by atoms with Gasteiger partial charge in [0.2, 0.25) is 0 Å². The lowest BCUT2D eigenvalue weighted by molar-refractivity contribution is 0.252. The van der Waals surface area contributed by atoms with Crippen LogP contribution in [0.5, 0.6) is 0 Å².